The molecule has 0 fully saturated rings. The summed E-state index contributed by atoms with van der Waals surface area (Å²) in [5, 5.41) is 9.78. The number of carbonyl (C=O) groups is 2. The second-order valence-electron chi connectivity index (χ2n) is 5.39. The predicted octanol–water partition coefficient (Wildman–Crippen LogP) is 4.05. The molecule has 0 aliphatic heterocycles. The van der Waals surface area contributed by atoms with Crippen molar-refractivity contribution in [2.24, 2.45) is 0 Å². The third kappa shape index (κ3) is 4.22. The van der Waals surface area contributed by atoms with Gasteiger partial charge in [0.2, 0.25) is 0 Å². The van der Waals surface area contributed by atoms with E-state index in [1.54, 1.807) is 24.0 Å². The van der Waals surface area contributed by atoms with Gasteiger partial charge in [0, 0.05) is 22.2 Å². The molecule has 2 aromatic carbocycles. The van der Waals surface area contributed by atoms with Gasteiger partial charge in [-0.2, -0.15) is 0 Å². The molecule has 0 radical (unpaired) electrons. The number of carboxylic acids is 1. The SMILES string of the molecule is O=C(O)Cc1cn(C(=O)OCCSc2ccccc2)c2ccccc12. The number of nitrogens with zero attached hydrogens (tertiary/aromatic N) is 1. The summed E-state index contributed by atoms with van der Waals surface area (Å²) in [5.74, 6) is -0.285. The average Bonchev–Trinajstić information content (AvgIpc) is 2.98. The number of carbonyl (C=O) groups excluding carboxylic acids is 1. The first-order valence-corrected chi connectivity index (χ1v) is 8.79. The summed E-state index contributed by atoms with van der Waals surface area (Å²) in [4.78, 5) is 24.5. The Morgan fingerprint density at radius 1 is 1.04 bits per heavy atom. The van der Waals surface area contributed by atoms with Crippen LogP contribution in [-0.2, 0) is 16.0 Å². The van der Waals surface area contributed by atoms with E-state index in [-0.39, 0.29) is 13.0 Å². The third-order valence-corrected chi connectivity index (χ3v) is 4.63. The van der Waals surface area contributed by atoms with Crippen molar-refractivity contribution in [2.75, 3.05) is 12.4 Å². The second kappa shape index (κ2) is 7.90. The van der Waals surface area contributed by atoms with Crippen molar-refractivity contribution >= 4 is 34.7 Å². The van der Waals surface area contributed by atoms with Gasteiger partial charge in [-0.05, 0) is 23.8 Å². The molecule has 0 saturated carbocycles. The summed E-state index contributed by atoms with van der Waals surface area (Å²) in [6, 6.07) is 17.1. The van der Waals surface area contributed by atoms with Gasteiger partial charge in [0.25, 0.3) is 0 Å². The molecule has 128 valence electrons. The lowest BCUT2D eigenvalue weighted by atomic mass is 10.1. The molecule has 1 aromatic heterocycles. The van der Waals surface area contributed by atoms with E-state index in [4.69, 9.17) is 9.84 Å². The summed E-state index contributed by atoms with van der Waals surface area (Å²) in [6.07, 6.45) is 0.914. The van der Waals surface area contributed by atoms with Crippen molar-refractivity contribution in [3.05, 3.63) is 66.4 Å². The molecule has 25 heavy (non-hydrogen) atoms. The average molecular weight is 355 g/mol. The topological polar surface area (TPSA) is 68.5 Å². The number of hydrogen-bond donors (Lipinski definition) is 1. The highest BCUT2D eigenvalue weighted by atomic mass is 32.2. The summed E-state index contributed by atoms with van der Waals surface area (Å²) in [6.45, 7) is 0.277. The zero-order valence-electron chi connectivity index (χ0n) is 13.4. The summed E-state index contributed by atoms with van der Waals surface area (Å²) in [5.41, 5.74) is 1.25. The molecule has 1 heterocycles. The number of hydrogen-bond acceptors (Lipinski definition) is 4. The zero-order chi connectivity index (χ0) is 17.6. The van der Waals surface area contributed by atoms with Crippen molar-refractivity contribution in [3.63, 3.8) is 0 Å². The summed E-state index contributed by atoms with van der Waals surface area (Å²) in [7, 11) is 0. The van der Waals surface area contributed by atoms with Crippen LogP contribution in [-0.4, -0.2) is 34.1 Å². The van der Waals surface area contributed by atoms with Crippen molar-refractivity contribution in [3.8, 4) is 0 Å². The lowest BCUT2D eigenvalue weighted by Crippen LogP contribution is -2.14. The maximum atomic E-state index is 12.4. The standard InChI is InChI=1S/C19H17NO4S/c21-18(22)12-14-13-20(17-9-5-4-8-16(14)17)19(23)24-10-11-25-15-6-2-1-3-7-15/h1-9,13H,10-12H2,(H,21,22). The van der Waals surface area contributed by atoms with Crippen molar-refractivity contribution < 1.29 is 19.4 Å². The highest BCUT2D eigenvalue weighted by Crippen LogP contribution is 2.22. The highest BCUT2D eigenvalue weighted by Gasteiger charge is 2.16. The van der Waals surface area contributed by atoms with Crippen LogP contribution < -0.4 is 0 Å². The summed E-state index contributed by atoms with van der Waals surface area (Å²) < 4.78 is 6.71. The second-order valence-corrected chi connectivity index (χ2v) is 6.56. The quantitative estimate of drug-likeness (QED) is 0.534. The molecule has 3 aromatic rings. The fourth-order valence-electron chi connectivity index (χ4n) is 2.58. The number of aromatic nitrogens is 1. The fourth-order valence-corrected chi connectivity index (χ4v) is 3.33. The van der Waals surface area contributed by atoms with Gasteiger partial charge in [0.1, 0.15) is 6.61 Å². The molecule has 1 N–H and O–H groups in total. The number of thioether (sulfide) groups is 1. The number of rotatable bonds is 6. The molecule has 0 saturated heterocycles. The van der Waals surface area contributed by atoms with Gasteiger partial charge in [-0.15, -0.1) is 11.8 Å². The van der Waals surface area contributed by atoms with Gasteiger partial charge in [0.05, 0.1) is 11.9 Å². The van der Waals surface area contributed by atoms with Crippen LogP contribution in [0.3, 0.4) is 0 Å². The molecule has 0 bridgehead atoms. The first-order chi connectivity index (χ1) is 12.1. The molecule has 6 heteroatoms. The van der Waals surface area contributed by atoms with E-state index >= 15 is 0 Å². The van der Waals surface area contributed by atoms with Crippen molar-refractivity contribution in [1.82, 2.24) is 4.57 Å². The van der Waals surface area contributed by atoms with Crippen molar-refractivity contribution in [1.29, 1.82) is 0 Å². The number of benzene rings is 2. The van der Waals surface area contributed by atoms with E-state index in [9.17, 15) is 9.59 Å². The lowest BCUT2D eigenvalue weighted by Gasteiger charge is -2.06. The van der Waals surface area contributed by atoms with Crippen LogP contribution in [0.15, 0.2) is 65.7 Å². The van der Waals surface area contributed by atoms with Crippen LogP contribution in [0.5, 0.6) is 0 Å². The molecular formula is C19H17NO4S. The van der Waals surface area contributed by atoms with Gasteiger partial charge in [-0.1, -0.05) is 36.4 Å². The molecule has 0 aliphatic rings. The Bertz CT molecular complexity index is 889. The van der Waals surface area contributed by atoms with Crippen LogP contribution in [0.25, 0.3) is 10.9 Å². The van der Waals surface area contributed by atoms with Crippen LogP contribution in [0.1, 0.15) is 5.56 Å². The minimum Gasteiger partial charge on any atom is -0.481 e. The molecular weight excluding hydrogens is 338 g/mol. The van der Waals surface area contributed by atoms with Gasteiger partial charge < -0.3 is 9.84 Å². The molecule has 0 unspecified atom stereocenters. The first kappa shape index (κ1) is 17.1. The number of aliphatic carboxylic acids is 1. The number of carboxylic acid groups (broad SMARTS) is 1. The van der Waals surface area contributed by atoms with Crippen LogP contribution in [0.4, 0.5) is 4.79 Å². The molecule has 3 rings (SSSR count). The fraction of sp³-hybridized carbons (Fsp3) is 0.158. The van der Waals surface area contributed by atoms with E-state index in [0.717, 1.165) is 10.3 Å². The minimum atomic E-state index is -0.935. The lowest BCUT2D eigenvalue weighted by molar-refractivity contribution is -0.136. The third-order valence-electron chi connectivity index (χ3n) is 3.65. The maximum absolute atomic E-state index is 12.4. The van der Waals surface area contributed by atoms with Gasteiger partial charge in [-0.25, -0.2) is 4.79 Å². The normalized spacial score (nSPS) is 10.7. The monoisotopic (exact) mass is 355 g/mol. The Labute approximate surface area is 149 Å². The Kier molecular flexibility index (Phi) is 5.40. The van der Waals surface area contributed by atoms with E-state index in [2.05, 4.69) is 0 Å². The smallest absolute Gasteiger partial charge is 0.418 e. The molecule has 0 atom stereocenters. The Morgan fingerprint density at radius 2 is 1.76 bits per heavy atom. The van der Waals surface area contributed by atoms with Crippen molar-refractivity contribution in [2.45, 2.75) is 11.3 Å². The van der Waals surface area contributed by atoms with E-state index in [1.807, 2.05) is 48.5 Å². The van der Waals surface area contributed by atoms with Gasteiger partial charge in [0.15, 0.2) is 0 Å². The summed E-state index contributed by atoms with van der Waals surface area (Å²) >= 11 is 1.61. The number of para-hydroxylation sites is 1. The van der Waals surface area contributed by atoms with E-state index in [1.165, 1.54) is 4.57 Å². The van der Waals surface area contributed by atoms with Gasteiger partial charge in [-0.3, -0.25) is 9.36 Å². The molecule has 0 spiro atoms. The Hall–Kier alpha value is -2.73. The van der Waals surface area contributed by atoms with Crippen LogP contribution in [0.2, 0.25) is 0 Å². The number of fused-ring (bicyclic) bond motifs is 1. The largest absolute Gasteiger partial charge is 0.481 e. The molecule has 0 amide bonds. The molecule has 5 nitrogen and oxygen atoms in total. The number of ether oxygens (including phenoxy) is 1. The van der Waals surface area contributed by atoms with Crippen LogP contribution >= 0.6 is 11.8 Å². The Balaban J connectivity index is 1.66. The molecule has 0 aliphatic carbocycles. The van der Waals surface area contributed by atoms with Gasteiger partial charge >= 0.3 is 12.1 Å². The van der Waals surface area contributed by atoms with Crippen LogP contribution in [0, 0.1) is 0 Å². The zero-order valence-corrected chi connectivity index (χ0v) is 14.2. The maximum Gasteiger partial charge on any atom is 0.418 e. The minimum absolute atomic E-state index is 0.134. The predicted molar refractivity (Wildman–Crippen MR) is 97.2 cm³/mol. The van der Waals surface area contributed by atoms with E-state index < -0.39 is 12.1 Å². The highest BCUT2D eigenvalue weighted by molar-refractivity contribution is 7.99. The van der Waals surface area contributed by atoms with E-state index in [0.29, 0.717) is 16.8 Å². The first-order valence-electron chi connectivity index (χ1n) is 7.81. The Morgan fingerprint density at radius 3 is 2.52 bits per heavy atom.